The highest BCUT2D eigenvalue weighted by Crippen LogP contribution is 2.27. The molecule has 1 aromatic carbocycles. The topological polar surface area (TPSA) is 73.2 Å². The van der Waals surface area contributed by atoms with Crippen LogP contribution >= 0.6 is 0 Å². The Hall–Kier alpha value is -3.15. The van der Waals surface area contributed by atoms with Gasteiger partial charge in [0.1, 0.15) is 5.69 Å². The maximum atomic E-state index is 13.2. The summed E-state index contributed by atoms with van der Waals surface area (Å²) in [6, 6.07) is 9.53. The van der Waals surface area contributed by atoms with Gasteiger partial charge in [0.05, 0.1) is 23.4 Å². The first-order valence-corrected chi connectivity index (χ1v) is 9.43. The summed E-state index contributed by atoms with van der Waals surface area (Å²) in [5, 5.41) is 3.89. The summed E-state index contributed by atoms with van der Waals surface area (Å²) >= 11 is 0. The number of anilines is 1. The first-order chi connectivity index (χ1) is 13.4. The molecule has 0 unspecified atom stereocenters. The van der Waals surface area contributed by atoms with E-state index in [1.807, 2.05) is 55.7 Å². The lowest BCUT2D eigenvalue weighted by Crippen LogP contribution is -2.15. The highest BCUT2D eigenvalue weighted by molar-refractivity contribution is 6.11. The van der Waals surface area contributed by atoms with Gasteiger partial charge in [0.15, 0.2) is 0 Å². The molecule has 0 atom stereocenters. The lowest BCUT2D eigenvalue weighted by atomic mass is 10.1. The SMILES string of the molecule is CCOC(=O)c1c(C)c(C(=O)Nc2cc(C)nc3ccccc23)c(C)n1CC. The minimum Gasteiger partial charge on any atom is -0.461 e. The van der Waals surface area contributed by atoms with Crippen LogP contribution in [0.5, 0.6) is 0 Å². The van der Waals surface area contributed by atoms with Crippen LogP contribution < -0.4 is 5.32 Å². The second kappa shape index (κ2) is 7.84. The van der Waals surface area contributed by atoms with Crippen LogP contribution in [0.25, 0.3) is 10.9 Å². The first-order valence-electron chi connectivity index (χ1n) is 9.43. The molecule has 0 spiro atoms. The summed E-state index contributed by atoms with van der Waals surface area (Å²) in [6.07, 6.45) is 0. The Morgan fingerprint density at radius 2 is 1.86 bits per heavy atom. The summed E-state index contributed by atoms with van der Waals surface area (Å²) in [7, 11) is 0. The van der Waals surface area contributed by atoms with E-state index < -0.39 is 5.97 Å². The molecule has 0 fully saturated rings. The Bertz CT molecular complexity index is 1070. The molecule has 6 heteroatoms. The van der Waals surface area contributed by atoms with Crippen molar-refractivity contribution >= 4 is 28.5 Å². The zero-order chi connectivity index (χ0) is 20.4. The Kier molecular flexibility index (Phi) is 5.49. The van der Waals surface area contributed by atoms with Crippen molar-refractivity contribution in [1.29, 1.82) is 0 Å². The van der Waals surface area contributed by atoms with Crippen molar-refractivity contribution in [2.75, 3.05) is 11.9 Å². The van der Waals surface area contributed by atoms with Crippen LogP contribution in [0.1, 0.15) is 51.6 Å². The Morgan fingerprint density at radius 1 is 1.14 bits per heavy atom. The number of nitrogens with one attached hydrogen (secondary N) is 1. The van der Waals surface area contributed by atoms with E-state index in [0.717, 1.165) is 22.3 Å². The van der Waals surface area contributed by atoms with Crippen molar-refractivity contribution in [2.24, 2.45) is 0 Å². The molecule has 1 N–H and O–H groups in total. The average Bonchev–Trinajstić information content (AvgIpc) is 2.91. The highest BCUT2D eigenvalue weighted by atomic mass is 16.5. The number of carbonyl (C=O) groups is 2. The van der Waals surface area contributed by atoms with Crippen LogP contribution in [-0.2, 0) is 11.3 Å². The number of benzene rings is 1. The van der Waals surface area contributed by atoms with Gasteiger partial charge in [-0.1, -0.05) is 18.2 Å². The standard InChI is InChI=1S/C22H25N3O3/c1-6-25-15(5)19(14(4)20(25)22(27)28-7-2)21(26)24-18-12-13(3)23-17-11-9-8-10-16(17)18/h8-12H,6-7H2,1-5H3,(H,23,24,26). The normalized spacial score (nSPS) is 10.9. The number of para-hydroxylation sites is 1. The predicted octanol–water partition coefficient (Wildman–Crippen LogP) is 4.41. The van der Waals surface area contributed by atoms with Crippen molar-refractivity contribution in [3.63, 3.8) is 0 Å². The van der Waals surface area contributed by atoms with E-state index in [2.05, 4.69) is 10.3 Å². The molecule has 6 nitrogen and oxygen atoms in total. The van der Waals surface area contributed by atoms with Gasteiger partial charge in [-0.2, -0.15) is 0 Å². The molecule has 28 heavy (non-hydrogen) atoms. The number of nitrogens with zero attached hydrogens (tertiary/aromatic N) is 2. The zero-order valence-electron chi connectivity index (χ0n) is 16.9. The van der Waals surface area contributed by atoms with Crippen LogP contribution in [0, 0.1) is 20.8 Å². The lowest BCUT2D eigenvalue weighted by Gasteiger charge is -2.11. The van der Waals surface area contributed by atoms with Gasteiger partial charge in [-0.15, -0.1) is 0 Å². The van der Waals surface area contributed by atoms with Gasteiger partial charge in [-0.3, -0.25) is 9.78 Å². The minimum absolute atomic E-state index is 0.247. The van der Waals surface area contributed by atoms with Crippen molar-refractivity contribution in [3.05, 3.63) is 58.5 Å². The van der Waals surface area contributed by atoms with Crippen LogP contribution in [-0.4, -0.2) is 28.0 Å². The average molecular weight is 379 g/mol. The third-order valence-corrected chi connectivity index (χ3v) is 4.87. The minimum atomic E-state index is -0.408. The summed E-state index contributed by atoms with van der Waals surface area (Å²) in [4.78, 5) is 30.1. The second-order valence-electron chi connectivity index (χ2n) is 6.68. The van der Waals surface area contributed by atoms with Gasteiger partial charge in [-0.05, 0) is 52.3 Å². The molecule has 146 valence electrons. The van der Waals surface area contributed by atoms with Gasteiger partial charge in [-0.25, -0.2) is 4.79 Å². The van der Waals surface area contributed by atoms with E-state index in [1.165, 1.54) is 0 Å². The van der Waals surface area contributed by atoms with Crippen LogP contribution in [0.3, 0.4) is 0 Å². The zero-order valence-corrected chi connectivity index (χ0v) is 16.9. The van der Waals surface area contributed by atoms with E-state index in [0.29, 0.717) is 29.1 Å². The Morgan fingerprint density at radius 3 is 2.54 bits per heavy atom. The van der Waals surface area contributed by atoms with Crippen LogP contribution in [0.4, 0.5) is 5.69 Å². The van der Waals surface area contributed by atoms with Gasteiger partial charge in [0.2, 0.25) is 0 Å². The number of hydrogen-bond acceptors (Lipinski definition) is 4. The summed E-state index contributed by atoms with van der Waals surface area (Å²) < 4.78 is 7.02. The molecule has 3 rings (SSSR count). The number of ether oxygens (including phenoxy) is 1. The monoisotopic (exact) mass is 379 g/mol. The summed E-state index contributed by atoms with van der Waals surface area (Å²) in [5.74, 6) is -0.655. The molecule has 2 heterocycles. The largest absolute Gasteiger partial charge is 0.461 e. The second-order valence-corrected chi connectivity index (χ2v) is 6.68. The van der Waals surface area contributed by atoms with Crippen molar-refractivity contribution in [3.8, 4) is 0 Å². The van der Waals surface area contributed by atoms with E-state index in [-0.39, 0.29) is 12.5 Å². The molecule has 0 aliphatic carbocycles. The molecular formula is C22H25N3O3. The third kappa shape index (κ3) is 3.38. The molecule has 0 saturated carbocycles. The van der Waals surface area contributed by atoms with Crippen molar-refractivity contribution in [1.82, 2.24) is 9.55 Å². The predicted molar refractivity (Wildman–Crippen MR) is 110 cm³/mol. The molecule has 3 aromatic rings. The van der Waals surface area contributed by atoms with Crippen LogP contribution in [0.15, 0.2) is 30.3 Å². The third-order valence-electron chi connectivity index (χ3n) is 4.87. The lowest BCUT2D eigenvalue weighted by molar-refractivity contribution is 0.0512. The van der Waals surface area contributed by atoms with E-state index >= 15 is 0 Å². The smallest absolute Gasteiger partial charge is 0.355 e. The summed E-state index contributed by atoms with van der Waals surface area (Å²) in [5.41, 5.74) is 4.66. The Labute approximate surface area is 164 Å². The first kappa shape index (κ1) is 19.6. The molecule has 0 radical (unpaired) electrons. The van der Waals surface area contributed by atoms with Gasteiger partial charge in [0.25, 0.3) is 5.91 Å². The molecule has 0 saturated heterocycles. The molecular weight excluding hydrogens is 354 g/mol. The van der Waals surface area contributed by atoms with Crippen molar-refractivity contribution < 1.29 is 14.3 Å². The fourth-order valence-electron chi connectivity index (χ4n) is 3.68. The molecule has 2 aromatic heterocycles. The fraction of sp³-hybridized carbons (Fsp3) is 0.318. The number of aryl methyl sites for hydroxylation is 1. The number of fused-ring (bicyclic) bond motifs is 1. The number of pyridine rings is 1. The number of carbonyl (C=O) groups excluding carboxylic acids is 2. The van der Waals surface area contributed by atoms with E-state index in [1.54, 1.807) is 13.8 Å². The summed E-state index contributed by atoms with van der Waals surface area (Å²) in [6.45, 7) is 10.1. The van der Waals surface area contributed by atoms with E-state index in [4.69, 9.17) is 4.74 Å². The van der Waals surface area contributed by atoms with Crippen LogP contribution in [0.2, 0.25) is 0 Å². The van der Waals surface area contributed by atoms with Crippen molar-refractivity contribution in [2.45, 2.75) is 41.2 Å². The number of rotatable bonds is 5. The number of esters is 1. The maximum absolute atomic E-state index is 13.2. The quantitative estimate of drug-likeness (QED) is 0.667. The highest BCUT2D eigenvalue weighted by Gasteiger charge is 2.27. The maximum Gasteiger partial charge on any atom is 0.355 e. The molecule has 0 aliphatic rings. The fourth-order valence-corrected chi connectivity index (χ4v) is 3.68. The van der Waals surface area contributed by atoms with E-state index in [9.17, 15) is 9.59 Å². The number of hydrogen-bond donors (Lipinski definition) is 1. The molecule has 0 aliphatic heterocycles. The van der Waals surface area contributed by atoms with Gasteiger partial charge >= 0.3 is 5.97 Å². The van der Waals surface area contributed by atoms with Gasteiger partial charge in [0, 0.05) is 23.3 Å². The molecule has 1 amide bonds. The number of amides is 1. The number of aromatic nitrogens is 2. The molecule has 0 bridgehead atoms. The van der Waals surface area contributed by atoms with Gasteiger partial charge < -0.3 is 14.6 Å². The Balaban J connectivity index is 2.06.